The van der Waals surface area contributed by atoms with Gasteiger partial charge >= 0.3 is 0 Å². The number of pyridine rings is 1. The summed E-state index contributed by atoms with van der Waals surface area (Å²) in [5.41, 5.74) is 14.6. The van der Waals surface area contributed by atoms with Crippen LogP contribution in [0.4, 0.5) is 0 Å². The van der Waals surface area contributed by atoms with Gasteiger partial charge in [-0.2, -0.15) is 0 Å². The molecule has 0 unspecified atom stereocenters. The highest BCUT2D eigenvalue weighted by molar-refractivity contribution is 6.18. The number of hydrogen-bond donors (Lipinski definition) is 0. The molecule has 0 radical (unpaired) electrons. The first kappa shape index (κ1) is 32.6. The van der Waals surface area contributed by atoms with Crippen LogP contribution < -0.4 is 0 Å². The van der Waals surface area contributed by atoms with Gasteiger partial charge in [0.1, 0.15) is 5.52 Å². The van der Waals surface area contributed by atoms with Crippen molar-refractivity contribution >= 4 is 43.4 Å². The number of fused-ring (bicyclic) bond motifs is 9. The Morgan fingerprint density at radius 1 is 0.414 bits per heavy atom. The minimum Gasteiger partial charge on any atom is -0.435 e. The SMILES string of the molecule is c1ccc(C2(c3ccccc3)c3ccccc3-c3ccc(-c4cccc(-c5ccc6ccc7ccc8nc(-c9ccc%10cnccc%10c9)oc8c7c6c5)c4)cc32)cc1. The molecule has 0 spiro atoms. The van der Waals surface area contributed by atoms with Gasteiger partial charge < -0.3 is 4.42 Å². The van der Waals surface area contributed by atoms with E-state index in [4.69, 9.17) is 9.40 Å². The first-order valence-corrected chi connectivity index (χ1v) is 19.8. The van der Waals surface area contributed by atoms with Gasteiger partial charge in [-0.25, -0.2) is 4.98 Å². The summed E-state index contributed by atoms with van der Waals surface area (Å²) in [4.78, 5) is 9.25. The van der Waals surface area contributed by atoms with Gasteiger partial charge in [0.15, 0.2) is 5.58 Å². The number of hydrogen-bond acceptors (Lipinski definition) is 3. The summed E-state index contributed by atoms with van der Waals surface area (Å²) in [5, 5.41) is 6.69. The Bertz CT molecular complexity index is 3360. The molecular weight excluding hydrogens is 705 g/mol. The normalized spacial score (nSPS) is 13.0. The zero-order valence-corrected chi connectivity index (χ0v) is 31.4. The number of oxazole rings is 1. The predicted octanol–water partition coefficient (Wildman–Crippen LogP) is 14.0. The number of rotatable bonds is 5. The van der Waals surface area contributed by atoms with E-state index < -0.39 is 5.41 Å². The Labute approximate surface area is 335 Å². The molecule has 2 aromatic heterocycles. The standard InChI is InChI=1S/C55H34N2O/c1-3-12-44(13-4-1)55(45-14-5-2-6-15-45)49-17-8-7-16-46(49)47-26-24-40(33-50(47)55)38-11-9-10-37(30-38)39-21-19-35-18-20-36-25-27-51-53(52(36)48(35)32-39)58-54(57-51)42-22-23-43-34-56-29-28-41(43)31-42/h1-34H. The summed E-state index contributed by atoms with van der Waals surface area (Å²) in [5.74, 6) is 0.614. The zero-order valence-electron chi connectivity index (χ0n) is 31.4. The number of aromatic nitrogens is 2. The van der Waals surface area contributed by atoms with Gasteiger partial charge in [-0.3, -0.25) is 4.98 Å². The van der Waals surface area contributed by atoms with Crippen LogP contribution in [0.2, 0.25) is 0 Å². The van der Waals surface area contributed by atoms with Crippen LogP contribution in [0.5, 0.6) is 0 Å². The van der Waals surface area contributed by atoms with Gasteiger partial charge in [0.2, 0.25) is 5.89 Å². The Morgan fingerprint density at radius 2 is 1.05 bits per heavy atom. The molecule has 3 heteroatoms. The molecule has 12 rings (SSSR count). The van der Waals surface area contributed by atoms with E-state index in [0.717, 1.165) is 60.1 Å². The summed E-state index contributed by atoms with van der Waals surface area (Å²) in [6.45, 7) is 0. The third-order valence-electron chi connectivity index (χ3n) is 12.2. The minimum atomic E-state index is -0.445. The smallest absolute Gasteiger partial charge is 0.227 e. The molecule has 0 atom stereocenters. The molecule has 0 N–H and O–H groups in total. The van der Waals surface area contributed by atoms with E-state index >= 15 is 0 Å². The van der Waals surface area contributed by atoms with E-state index in [0.29, 0.717) is 5.89 Å². The van der Waals surface area contributed by atoms with Crippen LogP contribution in [0.15, 0.2) is 211 Å². The van der Waals surface area contributed by atoms with Crippen LogP contribution in [0, 0.1) is 0 Å². The lowest BCUT2D eigenvalue weighted by Gasteiger charge is -2.34. The number of nitrogens with zero attached hydrogens (tertiary/aromatic N) is 2. The fourth-order valence-corrected chi connectivity index (χ4v) is 9.54. The van der Waals surface area contributed by atoms with E-state index in [9.17, 15) is 0 Å². The Kier molecular flexibility index (Phi) is 7.14. The second kappa shape index (κ2) is 12.7. The summed E-state index contributed by atoms with van der Waals surface area (Å²) in [6, 6.07) is 70.6. The van der Waals surface area contributed by atoms with Crippen molar-refractivity contribution in [2.24, 2.45) is 0 Å². The third kappa shape index (κ3) is 4.87. The lowest BCUT2D eigenvalue weighted by Crippen LogP contribution is -2.28. The molecular formula is C55H34N2O. The average Bonchev–Trinajstić information content (AvgIpc) is 3.87. The van der Waals surface area contributed by atoms with Crippen molar-refractivity contribution in [3.8, 4) is 44.8 Å². The molecule has 0 saturated heterocycles. The summed E-state index contributed by atoms with van der Waals surface area (Å²) < 4.78 is 6.66. The van der Waals surface area contributed by atoms with Crippen LogP contribution in [0.1, 0.15) is 22.3 Å². The fourth-order valence-electron chi connectivity index (χ4n) is 9.54. The quantitative estimate of drug-likeness (QED) is 0.165. The van der Waals surface area contributed by atoms with Crippen molar-refractivity contribution in [2.75, 3.05) is 0 Å². The second-order valence-corrected chi connectivity index (χ2v) is 15.3. The first-order chi connectivity index (χ1) is 28.7. The molecule has 11 aromatic rings. The van der Waals surface area contributed by atoms with Gasteiger partial charge in [0.25, 0.3) is 0 Å². The van der Waals surface area contributed by atoms with Crippen molar-refractivity contribution in [1.29, 1.82) is 0 Å². The maximum atomic E-state index is 6.66. The van der Waals surface area contributed by atoms with E-state index in [1.165, 1.54) is 44.5 Å². The lowest BCUT2D eigenvalue weighted by atomic mass is 9.67. The van der Waals surface area contributed by atoms with Crippen molar-refractivity contribution in [3.05, 3.63) is 229 Å². The van der Waals surface area contributed by atoms with Crippen LogP contribution in [-0.4, -0.2) is 9.97 Å². The van der Waals surface area contributed by atoms with E-state index in [1.807, 2.05) is 18.5 Å². The monoisotopic (exact) mass is 738 g/mol. The van der Waals surface area contributed by atoms with E-state index in [2.05, 4.69) is 193 Å². The highest BCUT2D eigenvalue weighted by Crippen LogP contribution is 2.56. The molecule has 1 aliphatic carbocycles. The molecule has 2 heterocycles. The first-order valence-electron chi connectivity index (χ1n) is 19.8. The molecule has 0 fully saturated rings. The van der Waals surface area contributed by atoms with Crippen molar-refractivity contribution < 1.29 is 4.42 Å². The molecule has 0 amide bonds. The maximum absolute atomic E-state index is 6.66. The third-order valence-corrected chi connectivity index (χ3v) is 12.2. The molecule has 3 nitrogen and oxygen atoms in total. The zero-order chi connectivity index (χ0) is 38.2. The highest BCUT2D eigenvalue weighted by atomic mass is 16.3. The Morgan fingerprint density at radius 3 is 1.88 bits per heavy atom. The lowest BCUT2D eigenvalue weighted by molar-refractivity contribution is 0.623. The van der Waals surface area contributed by atoms with Gasteiger partial charge in [-0.05, 0) is 120 Å². The van der Waals surface area contributed by atoms with Crippen LogP contribution in [0.25, 0.3) is 88.3 Å². The molecule has 0 bridgehead atoms. The van der Waals surface area contributed by atoms with Crippen LogP contribution >= 0.6 is 0 Å². The summed E-state index contributed by atoms with van der Waals surface area (Å²) in [6.07, 6.45) is 3.70. The maximum Gasteiger partial charge on any atom is 0.227 e. The Balaban J connectivity index is 0.995. The predicted molar refractivity (Wildman–Crippen MR) is 238 cm³/mol. The van der Waals surface area contributed by atoms with Gasteiger partial charge in [-0.15, -0.1) is 0 Å². The van der Waals surface area contributed by atoms with Gasteiger partial charge in [-0.1, -0.05) is 152 Å². The van der Waals surface area contributed by atoms with E-state index in [1.54, 1.807) is 0 Å². The highest BCUT2D eigenvalue weighted by Gasteiger charge is 2.46. The molecule has 1 aliphatic rings. The summed E-state index contributed by atoms with van der Waals surface area (Å²) >= 11 is 0. The fraction of sp³-hybridized carbons (Fsp3) is 0.0182. The van der Waals surface area contributed by atoms with Crippen molar-refractivity contribution in [2.45, 2.75) is 5.41 Å². The molecule has 58 heavy (non-hydrogen) atoms. The summed E-state index contributed by atoms with van der Waals surface area (Å²) in [7, 11) is 0. The molecule has 9 aromatic carbocycles. The second-order valence-electron chi connectivity index (χ2n) is 15.3. The van der Waals surface area contributed by atoms with Crippen molar-refractivity contribution in [3.63, 3.8) is 0 Å². The minimum absolute atomic E-state index is 0.445. The van der Waals surface area contributed by atoms with Crippen LogP contribution in [0.3, 0.4) is 0 Å². The topological polar surface area (TPSA) is 38.9 Å². The molecule has 0 aliphatic heterocycles. The van der Waals surface area contributed by atoms with Crippen LogP contribution in [-0.2, 0) is 5.41 Å². The Hall–Kier alpha value is -7.62. The largest absolute Gasteiger partial charge is 0.435 e. The molecule has 270 valence electrons. The van der Waals surface area contributed by atoms with Gasteiger partial charge in [0.05, 0.1) is 5.41 Å². The number of benzene rings is 9. The van der Waals surface area contributed by atoms with E-state index in [-0.39, 0.29) is 0 Å². The average molecular weight is 739 g/mol. The molecule has 0 saturated carbocycles. The van der Waals surface area contributed by atoms with Gasteiger partial charge in [0, 0.05) is 28.7 Å². The van der Waals surface area contributed by atoms with Crippen molar-refractivity contribution in [1.82, 2.24) is 9.97 Å².